The minimum absolute atomic E-state index is 0.00634. The van der Waals surface area contributed by atoms with E-state index in [9.17, 15) is 93.9 Å². The van der Waals surface area contributed by atoms with E-state index < -0.39 is 59.8 Å². The lowest BCUT2D eigenvalue weighted by Crippen LogP contribution is -2.53. The summed E-state index contributed by atoms with van der Waals surface area (Å²) in [7, 11) is 27.1. The number of rotatable bonds is 68. The number of carbonyl (C=O) groups excluding carboxylic acids is 10. The van der Waals surface area contributed by atoms with Crippen molar-refractivity contribution in [3.8, 4) is 5.75 Å². The van der Waals surface area contributed by atoms with Crippen LogP contribution >= 0.6 is 0 Å². The number of likely N-dealkylation sites (N-methyl/N-ethyl adjacent to an activating group) is 6. The molecule has 752 valence electrons. The third-order valence-electron chi connectivity index (χ3n) is 21.1. The molecule has 0 aliphatic carbocycles. The van der Waals surface area contributed by atoms with Crippen LogP contribution in [-0.2, 0) is 58.8 Å². The Morgan fingerprint density at radius 1 is 0.331 bits per heavy atom. The maximum absolute atomic E-state index is 11.7. The Morgan fingerprint density at radius 2 is 0.622 bits per heavy atom. The van der Waals surface area contributed by atoms with Gasteiger partial charge in [-0.15, -0.1) is 0 Å². The maximum atomic E-state index is 11.7. The molecule has 0 spiro atoms. The summed E-state index contributed by atoms with van der Waals surface area (Å²) in [5, 5.41) is 113. The van der Waals surface area contributed by atoms with E-state index in [-0.39, 0.29) is 85.4 Å². The molecular formula is C97H191N8O21S-. The van der Waals surface area contributed by atoms with Gasteiger partial charge >= 0.3 is 0 Å². The zero-order valence-corrected chi connectivity index (χ0v) is 85.7. The second kappa shape index (κ2) is 86.5. The number of quaternary nitrogens is 7. The van der Waals surface area contributed by atoms with Crippen LogP contribution < -0.4 is 55.8 Å². The number of carboxylic acids is 9. The van der Waals surface area contributed by atoms with E-state index in [1.807, 2.05) is 118 Å². The van der Waals surface area contributed by atoms with Gasteiger partial charge in [-0.25, -0.2) is 0 Å². The third-order valence-corrected chi connectivity index (χ3v) is 22.1. The van der Waals surface area contributed by atoms with E-state index in [1.165, 1.54) is 218 Å². The third kappa shape index (κ3) is 120. The lowest BCUT2D eigenvalue weighted by molar-refractivity contribution is -0.917. The molecule has 127 heavy (non-hydrogen) atoms. The summed E-state index contributed by atoms with van der Waals surface area (Å²) < 4.78 is 3.66. The molecule has 0 saturated carbocycles. The van der Waals surface area contributed by atoms with Crippen molar-refractivity contribution in [1.29, 1.82) is 0 Å². The van der Waals surface area contributed by atoms with Crippen molar-refractivity contribution < 1.29 is 131 Å². The Kier molecular flexibility index (Phi) is 92.7. The number of hydrogen-bond donors (Lipinski definition) is 3. The predicted molar refractivity (Wildman–Crippen MR) is 499 cm³/mol. The van der Waals surface area contributed by atoms with Gasteiger partial charge in [0, 0.05) is 74.7 Å². The van der Waals surface area contributed by atoms with Crippen LogP contribution in [0, 0.1) is 0 Å². The van der Waals surface area contributed by atoms with Crippen LogP contribution in [0.25, 0.3) is 0 Å². The van der Waals surface area contributed by atoms with Crippen molar-refractivity contribution in [1.82, 2.24) is 9.80 Å². The highest BCUT2D eigenvalue weighted by Crippen LogP contribution is 2.22. The van der Waals surface area contributed by atoms with Gasteiger partial charge < -0.3 is 132 Å². The lowest BCUT2D eigenvalue weighted by Gasteiger charge is -2.35. The number of nitrogens with one attached hydrogen (secondary N) is 1. The number of amides is 1. The predicted octanol–water partition coefficient (Wildman–Crippen LogP) is 4.94. The van der Waals surface area contributed by atoms with Crippen molar-refractivity contribution >= 4 is 76.2 Å². The Balaban J connectivity index is -0.000000216. The van der Waals surface area contributed by atoms with E-state index in [0.717, 1.165) is 87.3 Å². The number of aliphatic hydroxyl groups is 1. The molecule has 29 nitrogen and oxygen atoms in total. The van der Waals surface area contributed by atoms with Crippen LogP contribution in [0.2, 0.25) is 0 Å². The number of aromatic hydroxyl groups is 1. The minimum atomic E-state index is -1.20. The summed E-state index contributed by atoms with van der Waals surface area (Å²) in [5.41, 5.74) is 0.812. The topological polar surface area (TPSA) is 431 Å². The van der Waals surface area contributed by atoms with Gasteiger partial charge in [0.1, 0.15) is 62.6 Å². The molecule has 0 radical (unpaired) electrons. The standard InChI is InChI=1S/C22H45NO2.C19H38N2O3.C16H33NO2.C10H13NO3.C8H17NO2.C7H15NO3.C7H15NO2.C5H10O2S.C3H6O2/c1-4-5-6-7-8-9-10-11-12-13-14-15-16-17-18-19-20-23(2,3)21-22(24)25;1-4-5-6-7-8-9-10-11-12-14-18(22)20-15-13-16-21(2,3)17-19(23)24;1-4-5-6-7-8-9-10-11-12-13-14-17(2,3)15-16(18)19;1-11(2,7-10(13)14)8-3-5-9(12)6-4-8;1-4-9(5-2,6-3)7-8(10)11;1-8(2,3)5-6(9)4-7(10)11;1-8(2,3)6-4-5-7(9)10;1-8(2)4-3-5(6)7;1-2-3(4)5/h4-21H2,1-3H3;4-17H2,1-3H3,(H-,20,22,23,24);4-15H2,1-3H3;3-6H,7H2,1-2H3,(H-,12,13,14);4-7H2,1-3H3;6,9H,4-5H2,1-3H3;4-6H2,1-3H3;3-4H2,1-2H3;2H2,1H3,(H,4,5)/p-1. The number of carbonyl (C=O) groups is 10. The van der Waals surface area contributed by atoms with Crippen LogP contribution in [0.4, 0.5) is 5.69 Å². The molecule has 0 aliphatic heterocycles. The second-order valence-electron chi connectivity index (χ2n) is 38.6. The normalized spacial score (nSPS) is 11.6. The van der Waals surface area contributed by atoms with Gasteiger partial charge in [0.2, 0.25) is 5.91 Å². The average Bonchev–Trinajstić information content (AvgIpc) is 0.833. The van der Waals surface area contributed by atoms with Gasteiger partial charge in [0.15, 0.2) is 0 Å². The first-order valence-corrected chi connectivity index (χ1v) is 50.0. The number of phenols is 1. The fraction of sp³-hybridized carbons (Fsp3) is 0.835. The summed E-state index contributed by atoms with van der Waals surface area (Å²) in [6.45, 7) is 21.7. The number of carboxylic acid groups (broad SMARTS) is 9. The minimum Gasteiger partial charge on any atom is -0.550 e. The molecule has 1 rings (SSSR count). The largest absolute Gasteiger partial charge is 0.550 e. The molecule has 0 fully saturated rings. The number of aliphatic carboxylic acids is 9. The molecular weight excluding hydrogens is 1650 g/mol. The van der Waals surface area contributed by atoms with Crippen molar-refractivity contribution in [3.63, 3.8) is 0 Å². The summed E-state index contributed by atoms with van der Waals surface area (Å²) in [6.07, 6.45) is 52.0. The van der Waals surface area contributed by atoms with Crippen LogP contribution in [0.5, 0.6) is 5.75 Å². The van der Waals surface area contributed by atoms with Gasteiger partial charge in [-0.3, -0.25) is 9.28 Å². The van der Waals surface area contributed by atoms with Crippen LogP contribution in [0.3, 0.4) is 0 Å². The fourth-order valence-corrected chi connectivity index (χ4v) is 13.8. The average molecular weight is 1840 g/mol. The molecule has 0 aromatic heterocycles. The second-order valence-corrected chi connectivity index (χ2v) is 41.0. The molecule has 0 aliphatic rings. The van der Waals surface area contributed by atoms with Gasteiger partial charge in [-0.05, 0) is 88.7 Å². The molecule has 3 N–H and O–H groups in total. The molecule has 1 amide bonds. The summed E-state index contributed by atoms with van der Waals surface area (Å²) in [5.74, 6) is -8.02. The number of unbranched alkanes of at least 4 members (excludes halogenated alkanes) is 32. The Morgan fingerprint density at radius 3 is 0.858 bits per heavy atom. The maximum Gasteiger partial charge on any atom is 0.219 e. The van der Waals surface area contributed by atoms with E-state index in [2.05, 4.69) is 26.1 Å². The first-order chi connectivity index (χ1) is 59.0. The number of aliphatic hydroxyl groups excluding tert-OH is 1. The van der Waals surface area contributed by atoms with Gasteiger partial charge in [-0.1, -0.05) is 220 Å². The molecule has 0 saturated heterocycles. The molecule has 1 aromatic rings. The highest BCUT2D eigenvalue weighted by molar-refractivity contribution is 7.95. The van der Waals surface area contributed by atoms with E-state index in [4.69, 9.17) is 10.2 Å². The SMILES string of the molecule is CCC(=O)[O-].CCCCCCCCCCCC(=O)NCCC[N+](C)(C)CC(=O)[O-].CCCCCCCCCCCCCCCCCC[N+](C)(C)CC(=O)[O-].CCCCCCCCCCCC[N+](C)(C)CC(=O)[O-].CC[N+](CC)(CC)CC(=O)[O-].C[N+](C)(C)CC(O)CC(=O)[O-].C[N+](C)(C)CCCC(=O)[O-].C[N+](C)(CC(=O)[O-])c1ccc(O)cc1.C[S+](C)CCC(=O)[O-]. The Hall–Kier alpha value is -6.25. The van der Waals surface area contributed by atoms with Crippen molar-refractivity contribution in [2.45, 2.75) is 324 Å². The first-order valence-electron chi connectivity index (χ1n) is 47.8. The molecule has 0 bridgehead atoms. The number of nitrogens with zero attached hydrogens (tertiary/aromatic N) is 7. The van der Waals surface area contributed by atoms with E-state index in [1.54, 1.807) is 26.2 Å². The number of benzene rings is 1. The van der Waals surface area contributed by atoms with Crippen molar-refractivity contribution in [2.75, 3.05) is 209 Å². The number of phenolic OH excluding ortho intramolecular Hbond substituents is 1. The molecule has 0 heterocycles. The van der Waals surface area contributed by atoms with E-state index >= 15 is 0 Å². The smallest absolute Gasteiger partial charge is 0.219 e. The molecule has 1 unspecified atom stereocenters. The van der Waals surface area contributed by atoms with Crippen LogP contribution in [-0.4, -0.2) is 311 Å². The van der Waals surface area contributed by atoms with Gasteiger partial charge in [0.25, 0.3) is 0 Å². The van der Waals surface area contributed by atoms with Gasteiger partial charge in [0.05, 0.1) is 187 Å². The molecule has 1 aromatic carbocycles. The van der Waals surface area contributed by atoms with Crippen molar-refractivity contribution in [3.05, 3.63) is 24.3 Å². The van der Waals surface area contributed by atoms with Crippen molar-refractivity contribution in [2.24, 2.45) is 0 Å². The Labute approximate surface area is 775 Å². The van der Waals surface area contributed by atoms with Gasteiger partial charge in [-0.2, -0.15) is 0 Å². The lowest BCUT2D eigenvalue weighted by atomic mass is 10.0. The van der Waals surface area contributed by atoms with E-state index in [0.29, 0.717) is 54.9 Å². The highest BCUT2D eigenvalue weighted by Gasteiger charge is 2.22. The zero-order valence-electron chi connectivity index (χ0n) is 84.9. The summed E-state index contributed by atoms with van der Waals surface area (Å²) >= 11 is 0. The first kappa shape index (κ1) is 136. The quantitative estimate of drug-likeness (QED) is 0.0442. The number of hydrogen-bond acceptors (Lipinski definition) is 21. The summed E-state index contributed by atoms with van der Waals surface area (Å²) in [4.78, 5) is 103. The monoisotopic (exact) mass is 1840 g/mol. The molecule has 1 atom stereocenters. The highest BCUT2D eigenvalue weighted by atomic mass is 32.2. The Bertz CT molecular complexity index is 2840. The van der Waals surface area contributed by atoms with Crippen LogP contribution in [0.15, 0.2) is 24.3 Å². The summed E-state index contributed by atoms with van der Waals surface area (Å²) in [6, 6.07) is 6.45. The fourth-order valence-electron chi connectivity index (χ4n) is 13.2. The molecule has 30 heteroatoms. The zero-order chi connectivity index (χ0) is 99.4. The van der Waals surface area contributed by atoms with Crippen LogP contribution in [0.1, 0.15) is 318 Å².